The Morgan fingerprint density at radius 2 is 1.90 bits per heavy atom. The second-order valence-electron chi connectivity index (χ2n) is 7.99. The van der Waals surface area contributed by atoms with Crippen LogP contribution < -0.4 is 0 Å². The minimum atomic E-state index is -0.614. The average Bonchev–Trinajstić information content (AvgIpc) is 3.44. The Hall–Kier alpha value is -3.52. The van der Waals surface area contributed by atoms with Gasteiger partial charge in [-0.2, -0.15) is 0 Å². The second-order valence-corrected chi connectivity index (χ2v) is 7.99. The summed E-state index contributed by atoms with van der Waals surface area (Å²) in [7, 11) is 1.88. The Bertz CT molecular complexity index is 1210. The highest BCUT2D eigenvalue weighted by atomic mass is 16.3. The van der Waals surface area contributed by atoms with Crippen LogP contribution in [0.3, 0.4) is 0 Å². The van der Waals surface area contributed by atoms with Crippen molar-refractivity contribution in [2.24, 2.45) is 13.0 Å². The van der Waals surface area contributed by atoms with Gasteiger partial charge < -0.3 is 14.6 Å². The first kappa shape index (κ1) is 19.4. The number of rotatable bonds is 4. The number of likely N-dealkylation sites (tertiary alicyclic amines) is 1. The summed E-state index contributed by atoms with van der Waals surface area (Å²) in [5, 5.41) is 10.7. The number of benzene rings is 1. The van der Waals surface area contributed by atoms with E-state index in [9.17, 15) is 9.90 Å². The van der Waals surface area contributed by atoms with E-state index in [1.54, 1.807) is 24.8 Å². The standard InChI is InChI=1S/C23H24N6O2/c1-27-12-9-24-22(27)20(30)16-7-10-28(11-8-16)23(31)17-13-19-21(25-14-17)29(15-26-19)18-5-3-2-4-6-18/h2-6,9,12-16,20,30H,7-8,10-11H2,1H3. The van der Waals surface area contributed by atoms with Crippen molar-refractivity contribution in [3.8, 4) is 5.69 Å². The van der Waals surface area contributed by atoms with Crippen molar-refractivity contribution in [3.05, 3.63) is 72.7 Å². The molecule has 0 radical (unpaired) electrons. The molecular formula is C23H24N6O2. The maximum atomic E-state index is 13.1. The van der Waals surface area contributed by atoms with Gasteiger partial charge in [-0.1, -0.05) is 18.2 Å². The number of aromatic nitrogens is 5. The molecular weight excluding hydrogens is 392 g/mol. The highest BCUT2D eigenvalue weighted by Crippen LogP contribution is 2.30. The Morgan fingerprint density at radius 3 is 2.61 bits per heavy atom. The molecule has 4 aromatic rings. The normalized spacial score (nSPS) is 16.0. The third kappa shape index (κ3) is 3.59. The predicted octanol–water partition coefficient (Wildman–Crippen LogP) is 2.74. The number of aliphatic hydroxyl groups excluding tert-OH is 1. The van der Waals surface area contributed by atoms with E-state index in [1.807, 2.05) is 57.6 Å². The summed E-state index contributed by atoms with van der Waals surface area (Å²) >= 11 is 0. The number of carbonyl (C=O) groups excluding carboxylic acids is 1. The fraction of sp³-hybridized carbons (Fsp3) is 0.304. The molecule has 0 spiro atoms. The zero-order chi connectivity index (χ0) is 21.4. The van der Waals surface area contributed by atoms with Gasteiger partial charge in [-0.3, -0.25) is 9.36 Å². The molecule has 31 heavy (non-hydrogen) atoms. The lowest BCUT2D eigenvalue weighted by Crippen LogP contribution is -2.40. The van der Waals surface area contributed by atoms with Crippen molar-refractivity contribution in [1.82, 2.24) is 29.0 Å². The highest BCUT2D eigenvalue weighted by Gasteiger charge is 2.30. The maximum Gasteiger partial charge on any atom is 0.255 e. The van der Waals surface area contributed by atoms with Crippen LogP contribution >= 0.6 is 0 Å². The second kappa shape index (κ2) is 7.96. The fourth-order valence-corrected chi connectivity index (χ4v) is 4.27. The molecule has 8 heteroatoms. The topological polar surface area (TPSA) is 89.1 Å². The lowest BCUT2D eigenvalue weighted by molar-refractivity contribution is 0.0420. The molecule has 0 saturated carbocycles. The first-order valence-corrected chi connectivity index (χ1v) is 10.4. The van der Waals surface area contributed by atoms with E-state index in [0.717, 1.165) is 24.2 Å². The SMILES string of the molecule is Cn1ccnc1C(O)C1CCN(C(=O)c2cnc3c(c2)ncn3-c2ccccc2)CC1. The third-order valence-electron chi connectivity index (χ3n) is 6.07. The molecule has 1 N–H and O–H groups in total. The van der Waals surface area contributed by atoms with Crippen LogP contribution in [-0.4, -0.2) is 53.1 Å². The number of pyridine rings is 1. The van der Waals surface area contributed by atoms with Gasteiger partial charge in [0.15, 0.2) is 5.65 Å². The van der Waals surface area contributed by atoms with Gasteiger partial charge in [0.2, 0.25) is 0 Å². The van der Waals surface area contributed by atoms with Gasteiger partial charge in [-0.25, -0.2) is 15.0 Å². The number of nitrogens with zero attached hydrogens (tertiary/aromatic N) is 6. The molecule has 158 valence electrons. The van der Waals surface area contributed by atoms with Crippen molar-refractivity contribution in [1.29, 1.82) is 0 Å². The highest BCUT2D eigenvalue weighted by molar-refractivity contribution is 5.96. The summed E-state index contributed by atoms with van der Waals surface area (Å²) in [5.74, 6) is 0.717. The Labute approximate surface area is 179 Å². The van der Waals surface area contributed by atoms with Crippen molar-refractivity contribution in [2.75, 3.05) is 13.1 Å². The number of imidazole rings is 2. The molecule has 5 rings (SSSR count). The molecule has 1 aromatic carbocycles. The molecule has 1 atom stereocenters. The minimum absolute atomic E-state index is 0.0476. The number of fused-ring (bicyclic) bond motifs is 1. The van der Waals surface area contributed by atoms with Crippen LogP contribution in [0.15, 0.2) is 61.3 Å². The van der Waals surface area contributed by atoms with Gasteiger partial charge in [0.1, 0.15) is 23.8 Å². The molecule has 8 nitrogen and oxygen atoms in total. The molecule has 4 heterocycles. The van der Waals surface area contributed by atoms with E-state index in [2.05, 4.69) is 15.0 Å². The van der Waals surface area contributed by atoms with Crippen molar-refractivity contribution >= 4 is 17.1 Å². The van der Waals surface area contributed by atoms with Crippen LogP contribution in [-0.2, 0) is 7.05 Å². The molecule has 1 unspecified atom stereocenters. The molecule has 1 aliphatic heterocycles. The molecule has 3 aromatic heterocycles. The summed E-state index contributed by atoms with van der Waals surface area (Å²) in [4.78, 5) is 28.1. The summed E-state index contributed by atoms with van der Waals surface area (Å²) in [5.41, 5.74) is 2.92. The van der Waals surface area contributed by atoms with Gasteiger partial charge in [-0.15, -0.1) is 0 Å². The molecule has 1 aliphatic rings. The van der Waals surface area contributed by atoms with Crippen LogP contribution in [0.25, 0.3) is 16.9 Å². The smallest absolute Gasteiger partial charge is 0.255 e. The van der Waals surface area contributed by atoms with Crippen LogP contribution in [0.1, 0.15) is 35.1 Å². The summed E-state index contributed by atoms with van der Waals surface area (Å²) in [6, 6.07) is 11.7. The van der Waals surface area contributed by atoms with Gasteiger partial charge in [0.05, 0.1) is 5.56 Å². The zero-order valence-electron chi connectivity index (χ0n) is 17.3. The van der Waals surface area contributed by atoms with Gasteiger partial charge in [0.25, 0.3) is 5.91 Å². The van der Waals surface area contributed by atoms with Crippen molar-refractivity contribution in [3.63, 3.8) is 0 Å². The third-order valence-corrected chi connectivity index (χ3v) is 6.07. The molecule has 1 fully saturated rings. The van der Waals surface area contributed by atoms with Crippen LogP contribution in [0.2, 0.25) is 0 Å². The number of carbonyl (C=O) groups is 1. The number of amides is 1. The summed E-state index contributed by atoms with van der Waals surface area (Å²) < 4.78 is 3.76. The van der Waals surface area contributed by atoms with Crippen molar-refractivity contribution < 1.29 is 9.90 Å². The molecule has 0 bridgehead atoms. The number of piperidine rings is 1. The fourth-order valence-electron chi connectivity index (χ4n) is 4.27. The number of aliphatic hydroxyl groups is 1. The van der Waals surface area contributed by atoms with E-state index < -0.39 is 6.10 Å². The van der Waals surface area contributed by atoms with Crippen LogP contribution in [0.5, 0.6) is 0 Å². The summed E-state index contributed by atoms with van der Waals surface area (Å²) in [6.45, 7) is 1.20. The quantitative estimate of drug-likeness (QED) is 0.553. The van der Waals surface area contributed by atoms with Gasteiger partial charge in [-0.05, 0) is 37.0 Å². The molecule has 0 aliphatic carbocycles. The van der Waals surface area contributed by atoms with E-state index in [0.29, 0.717) is 30.0 Å². The Balaban J connectivity index is 1.29. The van der Waals surface area contributed by atoms with Crippen molar-refractivity contribution in [2.45, 2.75) is 18.9 Å². The van der Waals surface area contributed by atoms with Gasteiger partial charge in [0, 0.05) is 44.4 Å². The minimum Gasteiger partial charge on any atom is -0.385 e. The van der Waals surface area contributed by atoms with Crippen LogP contribution in [0.4, 0.5) is 0 Å². The first-order chi connectivity index (χ1) is 15.1. The van der Waals surface area contributed by atoms with E-state index >= 15 is 0 Å². The van der Waals surface area contributed by atoms with E-state index in [4.69, 9.17) is 0 Å². The lowest BCUT2D eigenvalue weighted by atomic mass is 9.90. The number of hydrogen-bond acceptors (Lipinski definition) is 5. The largest absolute Gasteiger partial charge is 0.385 e. The Morgan fingerprint density at radius 1 is 1.13 bits per heavy atom. The number of aryl methyl sites for hydroxylation is 1. The Kier molecular flexibility index (Phi) is 4.99. The average molecular weight is 416 g/mol. The number of hydrogen-bond donors (Lipinski definition) is 1. The predicted molar refractivity (Wildman–Crippen MR) is 116 cm³/mol. The van der Waals surface area contributed by atoms with Gasteiger partial charge >= 0.3 is 0 Å². The van der Waals surface area contributed by atoms with Crippen LogP contribution in [0, 0.1) is 5.92 Å². The maximum absolute atomic E-state index is 13.1. The summed E-state index contributed by atoms with van der Waals surface area (Å²) in [6.07, 6.45) is 7.73. The first-order valence-electron chi connectivity index (χ1n) is 10.4. The zero-order valence-corrected chi connectivity index (χ0v) is 17.3. The molecule has 1 saturated heterocycles. The monoisotopic (exact) mass is 416 g/mol. The lowest BCUT2D eigenvalue weighted by Gasteiger charge is -2.34. The number of para-hydroxylation sites is 1. The molecule has 1 amide bonds. The van der Waals surface area contributed by atoms with E-state index in [1.165, 1.54) is 0 Å². The van der Waals surface area contributed by atoms with E-state index in [-0.39, 0.29) is 11.8 Å².